The van der Waals surface area contributed by atoms with E-state index in [1.54, 1.807) is 0 Å². The first kappa shape index (κ1) is 15.6. The van der Waals surface area contributed by atoms with E-state index in [1.165, 1.54) is 0 Å². The Labute approximate surface area is 110 Å². The lowest BCUT2D eigenvalue weighted by atomic mass is 10.5. The minimum Gasteiger partial charge on any atom is -0.103 e. The van der Waals surface area contributed by atoms with Crippen LogP contribution in [0.15, 0.2) is 25.3 Å². The van der Waals surface area contributed by atoms with E-state index in [4.69, 9.17) is 0 Å². The minimum atomic E-state index is 1.10. The van der Waals surface area contributed by atoms with Crippen molar-refractivity contribution in [1.82, 2.24) is 0 Å². The predicted molar refractivity (Wildman–Crippen MR) is 84.9 cm³/mol. The van der Waals surface area contributed by atoms with Gasteiger partial charge in [0, 0.05) is 11.5 Å². The van der Waals surface area contributed by atoms with Crippen LogP contribution in [0.5, 0.6) is 0 Å². The fourth-order valence-electron chi connectivity index (χ4n) is 0.393. The van der Waals surface area contributed by atoms with Crippen molar-refractivity contribution in [2.24, 2.45) is 0 Å². The van der Waals surface area contributed by atoms with Gasteiger partial charge in [0.05, 0.1) is 0 Å². The Morgan fingerprint density at radius 2 is 1.14 bits per heavy atom. The second kappa shape index (κ2) is 14.6. The van der Waals surface area contributed by atoms with Crippen LogP contribution in [0.4, 0.5) is 0 Å². The molecule has 0 saturated heterocycles. The Morgan fingerprint density at radius 3 is 1.50 bits per heavy atom. The van der Waals surface area contributed by atoms with Crippen LogP contribution in [0.3, 0.4) is 0 Å². The van der Waals surface area contributed by atoms with E-state index in [0.29, 0.717) is 0 Å². The molecular formula is C8H14S6. The summed E-state index contributed by atoms with van der Waals surface area (Å²) in [6, 6.07) is 0. The second-order valence-corrected chi connectivity index (χ2v) is 11.8. The average molecular weight is 303 g/mol. The highest BCUT2D eigenvalue weighted by atomic mass is 33.9. The van der Waals surface area contributed by atoms with Gasteiger partial charge in [-0.2, -0.15) is 0 Å². The molecular weight excluding hydrogens is 288 g/mol. The van der Waals surface area contributed by atoms with Crippen molar-refractivity contribution in [3.05, 3.63) is 25.3 Å². The molecule has 0 fully saturated rings. The summed E-state index contributed by atoms with van der Waals surface area (Å²) in [6.45, 7) is 7.37. The Hall–Kier alpha value is 1.58. The molecule has 0 aliphatic carbocycles. The molecule has 0 aromatic heterocycles. The van der Waals surface area contributed by atoms with Gasteiger partial charge in [0.15, 0.2) is 0 Å². The molecule has 0 N–H and O–H groups in total. The first-order chi connectivity index (χ1) is 6.91. The summed E-state index contributed by atoms with van der Waals surface area (Å²) in [4.78, 5) is 0. The van der Waals surface area contributed by atoms with Crippen LogP contribution in [0.2, 0.25) is 0 Å². The van der Waals surface area contributed by atoms with Crippen LogP contribution >= 0.6 is 60.9 Å². The van der Waals surface area contributed by atoms with Gasteiger partial charge in [-0.05, 0) is 52.1 Å². The monoisotopic (exact) mass is 302 g/mol. The minimum absolute atomic E-state index is 1.10. The molecule has 0 atom stereocenters. The van der Waals surface area contributed by atoms with Crippen LogP contribution in [0, 0.1) is 0 Å². The zero-order valence-corrected chi connectivity index (χ0v) is 12.7. The van der Waals surface area contributed by atoms with E-state index < -0.39 is 0 Å². The average Bonchev–Trinajstić information content (AvgIpc) is 2.21. The summed E-state index contributed by atoms with van der Waals surface area (Å²) in [6.07, 6.45) is 6.13. The summed E-state index contributed by atoms with van der Waals surface area (Å²) >= 11 is 0. The topological polar surface area (TPSA) is 0 Å². The van der Waals surface area contributed by atoms with Crippen LogP contribution in [0.1, 0.15) is 12.8 Å². The Bertz CT molecular complexity index is 122. The smallest absolute Gasteiger partial charge is 0.00799 e. The molecule has 0 aliphatic heterocycles. The summed E-state index contributed by atoms with van der Waals surface area (Å²) in [7, 11) is 11.2. The van der Waals surface area contributed by atoms with Crippen molar-refractivity contribution in [3.63, 3.8) is 0 Å². The number of hydrogen-bond donors (Lipinski definition) is 0. The maximum Gasteiger partial charge on any atom is 0.00799 e. The quantitative estimate of drug-likeness (QED) is 0.254. The third kappa shape index (κ3) is 13.6. The van der Waals surface area contributed by atoms with Crippen LogP contribution in [-0.2, 0) is 0 Å². The van der Waals surface area contributed by atoms with Gasteiger partial charge in [0.2, 0.25) is 0 Å². The highest BCUT2D eigenvalue weighted by molar-refractivity contribution is 9.41. The summed E-state index contributed by atoms with van der Waals surface area (Å²) in [5.41, 5.74) is 0. The summed E-state index contributed by atoms with van der Waals surface area (Å²) < 4.78 is 0. The fourth-order valence-corrected chi connectivity index (χ4v) is 11.9. The third-order valence-electron chi connectivity index (χ3n) is 0.990. The van der Waals surface area contributed by atoms with E-state index in [9.17, 15) is 0 Å². The highest BCUT2D eigenvalue weighted by Gasteiger charge is 1.93. The molecule has 0 aromatic carbocycles. The number of hydrogen-bond acceptors (Lipinski definition) is 6. The molecule has 0 bridgehead atoms. The van der Waals surface area contributed by atoms with Crippen LogP contribution in [0.25, 0.3) is 0 Å². The van der Waals surface area contributed by atoms with Crippen LogP contribution < -0.4 is 0 Å². The van der Waals surface area contributed by atoms with E-state index in [0.717, 1.165) is 24.3 Å². The molecule has 0 unspecified atom stereocenters. The van der Waals surface area contributed by atoms with Crippen molar-refractivity contribution in [3.8, 4) is 0 Å². The molecule has 0 heterocycles. The van der Waals surface area contributed by atoms with E-state index in [2.05, 4.69) is 13.2 Å². The highest BCUT2D eigenvalue weighted by Crippen LogP contribution is 2.52. The van der Waals surface area contributed by atoms with Crippen LogP contribution in [-0.4, -0.2) is 11.5 Å². The number of rotatable bonds is 11. The van der Waals surface area contributed by atoms with Gasteiger partial charge in [-0.3, -0.25) is 0 Å². The van der Waals surface area contributed by atoms with Gasteiger partial charge < -0.3 is 0 Å². The van der Waals surface area contributed by atoms with Gasteiger partial charge in [0.25, 0.3) is 0 Å². The van der Waals surface area contributed by atoms with Crippen molar-refractivity contribution in [2.75, 3.05) is 11.5 Å². The normalized spacial score (nSPS) is 10.0. The van der Waals surface area contributed by atoms with Crippen molar-refractivity contribution < 1.29 is 0 Å². The fraction of sp³-hybridized carbons (Fsp3) is 0.500. The molecule has 0 rings (SSSR count). The third-order valence-corrected chi connectivity index (χ3v) is 12.0. The Balaban J connectivity index is 2.84. The van der Waals surface area contributed by atoms with Crippen molar-refractivity contribution in [1.29, 1.82) is 0 Å². The predicted octanol–water partition coefficient (Wildman–Crippen LogP) is 6.11. The van der Waals surface area contributed by atoms with Gasteiger partial charge in [-0.25, -0.2) is 0 Å². The Kier molecular flexibility index (Phi) is 16.2. The van der Waals surface area contributed by atoms with E-state index >= 15 is 0 Å². The van der Waals surface area contributed by atoms with Gasteiger partial charge >= 0.3 is 0 Å². The SMILES string of the molecule is C=CCCSSSSSSCCC=C. The molecule has 0 aromatic rings. The maximum atomic E-state index is 3.69. The molecule has 14 heavy (non-hydrogen) atoms. The molecule has 82 valence electrons. The molecule has 0 saturated carbocycles. The largest absolute Gasteiger partial charge is 0.103 e. The molecule has 0 nitrogen and oxygen atoms in total. The van der Waals surface area contributed by atoms with Gasteiger partial charge in [-0.1, -0.05) is 33.7 Å². The molecule has 0 aliphatic rings. The lowest BCUT2D eigenvalue weighted by molar-refractivity contribution is 1.26. The zero-order valence-electron chi connectivity index (χ0n) is 7.85. The summed E-state index contributed by atoms with van der Waals surface area (Å²) in [5, 5.41) is 0. The standard InChI is InChI=1S/C8H14S6/c1-3-5-7-9-11-13-14-12-10-8-6-4-2/h3-4H,1-2,5-8H2. The second-order valence-electron chi connectivity index (χ2n) is 2.07. The van der Waals surface area contributed by atoms with E-state index in [-0.39, 0.29) is 0 Å². The van der Waals surface area contributed by atoms with Crippen molar-refractivity contribution >= 4 is 60.9 Å². The van der Waals surface area contributed by atoms with Crippen molar-refractivity contribution in [2.45, 2.75) is 12.8 Å². The maximum absolute atomic E-state index is 3.69. The number of allylic oxidation sites excluding steroid dienone is 2. The van der Waals surface area contributed by atoms with E-state index in [1.807, 2.05) is 73.0 Å². The lowest BCUT2D eigenvalue weighted by Gasteiger charge is -1.97. The van der Waals surface area contributed by atoms with Gasteiger partial charge in [0.1, 0.15) is 0 Å². The zero-order chi connectivity index (χ0) is 10.5. The first-order valence-corrected chi connectivity index (χ1v) is 11.9. The molecule has 6 heteroatoms. The van der Waals surface area contributed by atoms with Gasteiger partial charge in [-0.15, -0.1) is 13.2 Å². The Morgan fingerprint density at radius 1 is 0.714 bits per heavy atom. The summed E-state index contributed by atoms with van der Waals surface area (Å²) in [5.74, 6) is 2.33. The first-order valence-electron chi connectivity index (χ1n) is 4.04. The molecule has 0 amide bonds. The molecule has 0 radical (unpaired) electrons. The lowest BCUT2D eigenvalue weighted by Crippen LogP contribution is -1.66. The molecule has 0 spiro atoms.